The third-order valence-corrected chi connectivity index (χ3v) is 5.38. The number of hydroxylamine groups is 1. The van der Waals surface area contributed by atoms with E-state index in [0.29, 0.717) is 19.4 Å². The minimum absolute atomic E-state index is 0.0333. The van der Waals surface area contributed by atoms with Crippen molar-refractivity contribution < 1.29 is 19.2 Å². The van der Waals surface area contributed by atoms with Crippen LogP contribution in [-0.4, -0.2) is 36.8 Å². The molecule has 0 bridgehead atoms. The van der Waals surface area contributed by atoms with Crippen molar-refractivity contribution in [1.29, 1.82) is 0 Å². The number of carbonyl (C=O) groups excluding carboxylic acids is 2. The summed E-state index contributed by atoms with van der Waals surface area (Å²) in [4.78, 5) is 29.6. The van der Waals surface area contributed by atoms with Crippen LogP contribution in [0.3, 0.4) is 0 Å². The quantitative estimate of drug-likeness (QED) is 0.385. The van der Waals surface area contributed by atoms with E-state index in [0.717, 1.165) is 28.7 Å². The predicted octanol–water partition coefficient (Wildman–Crippen LogP) is 3.87. The van der Waals surface area contributed by atoms with Crippen LogP contribution < -0.4 is 16.5 Å². The molecule has 1 atom stereocenters. The second-order valence-electron chi connectivity index (χ2n) is 9.03. The molecule has 2 amide bonds. The Morgan fingerprint density at radius 1 is 1.00 bits per heavy atom. The van der Waals surface area contributed by atoms with Gasteiger partial charge < -0.3 is 15.8 Å². The molecule has 172 valence electrons. The molecule has 0 saturated carbocycles. The van der Waals surface area contributed by atoms with E-state index in [1.165, 1.54) is 0 Å². The Hall–Kier alpha value is -2.90. The average molecular weight is 440 g/mol. The average Bonchev–Trinajstić information content (AvgIpc) is 3.07. The van der Waals surface area contributed by atoms with E-state index in [1.807, 2.05) is 45.0 Å². The fourth-order valence-corrected chi connectivity index (χ4v) is 3.88. The Labute approximate surface area is 189 Å². The maximum Gasteiger partial charge on any atom is 0.407 e. The Kier molecular flexibility index (Phi) is 7.88. The summed E-state index contributed by atoms with van der Waals surface area (Å²) in [5.41, 5.74) is 12.7. The van der Waals surface area contributed by atoms with E-state index in [1.54, 1.807) is 0 Å². The van der Waals surface area contributed by atoms with Gasteiger partial charge in [-0.05, 0) is 62.3 Å². The van der Waals surface area contributed by atoms with E-state index in [4.69, 9.17) is 15.3 Å². The minimum atomic E-state index is -0.769. The number of hydrogen-bond acceptors (Lipinski definition) is 5. The lowest BCUT2D eigenvalue weighted by molar-refractivity contribution is -0.120. The van der Waals surface area contributed by atoms with Gasteiger partial charge in [0, 0.05) is 12.5 Å². The molecule has 0 fully saturated rings. The largest absolute Gasteiger partial charge is 0.449 e. The number of carbonyl (C=O) groups is 2. The van der Waals surface area contributed by atoms with Crippen molar-refractivity contribution in [1.82, 2.24) is 10.8 Å². The smallest absolute Gasteiger partial charge is 0.407 e. The van der Waals surface area contributed by atoms with E-state index in [2.05, 4.69) is 35.1 Å². The first-order chi connectivity index (χ1) is 15.3. The van der Waals surface area contributed by atoms with Crippen molar-refractivity contribution >= 4 is 12.0 Å². The minimum Gasteiger partial charge on any atom is -0.449 e. The van der Waals surface area contributed by atoms with Crippen LogP contribution in [0.25, 0.3) is 11.1 Å². The van der Waals surface area contributed by atoms with Crippen LogP contribution in [0.4, 0.5) is 4.79 Å². The van der Waals surface area contributed by atoms with Crippen LogP contribution in [0.1, 0.15) is 57.1 Å². The first-order valence-electron chi connectivity index (χ1n) is 11.1. The van der Waals surface area contributed by atoms with Crippen LogP contribution in [0, 0.1) is 0 Å². The molecule has 0 aromatic heterocycles. The lowest BCUT2D eigenvalue weighted by atomic mass is 9.98. The lowest BCUT2D eigenvalue weighted by Crippen LogP contribution is -2.45. The highest BCUT2D eigenvalue weighted by Crippen LogP contribution is 2.44. The van der Waals surface area contributed by atoms with Crippen LogP contribution in [0.5, 0.6) is 0 Å². The number of rotatable bonds is 10. The van der Waals surface area contributed by atoms with Gasteiger partial charge in [-0.2, -0.15) is 0 Å². The fraction of sp³-hybridized carbons (Fsp3) is 0.440. The number of alkyl carbamates (subject to hydrolysis) is 1. The summed E-state index contributed by atoms with van der Waals surface area (Å²) in [6.07, 6.45) is 1.30. The third kappa shape index (κ3) is 6.31. The van der Waals surface area contributed by atoms with Gasteiger partial charge in [0.2, 0.25) is 5.91 Å². The molecular weight excluding hydrogens is 406 g/mol. The van der Waals surface area contributed by atoms with Crippen LogP contribution in [-0.2, 0) is 14.4 Å². The molecule has 0 radical (unpaired) electrons. The molecule has 4 N–H and O–H groups in total. The second kappa shape index (κ2) is 10.6. The summed E-state index contributed by atoms with van der Waals surface area (Å²) in [7, 11) is 0. The predicted molar refractivity (Wildman–Crippen MR) is 124 cm³/mol. The number of ether oxygens (including phenoxy) is 1. The SMILES string of the molecule is CC(C)(C)ONCCCC[C@H](NC(=O)OCC1c2ccccc2-c2ccccc21)C(N)=O. The van der Waals surface area contributed by atoms with Crippen molar-refractivity contribution in [3.63, 3.8) is 0 Å². The summed E-state index contributed by atoms with van der Waals surface area (Å²) in [6.45, 7) is 6.72. The molecule has 0 unspecified atom stereocenters. The van der Waals surface area contributed by atoms with Gasteiger partial charge in [-0.1, -0.05) is 48.5 Å². The normalized spacial score (nSPS) is 13.8. The van der Waals surface area contributed by atoms with Gasteiger partial charge in [0.25, 0.3) is 0 Å². The molecular formula is C25H33N3O4. The zero-order valence-electron chi connectivity index (χ0n) is 19.0. The molecule has 0 saturated heterocycles. The second-order valence-corrected chi connectivity index (χ2v) is 9.03. The molecule has 1 aliphatic carbocycles. The molecule has 2 aromatic carbocycles. The Balaban J connectivity index is 1.48. The van der Waals surface area contributed by atoms with Gasteiger partial charge >= 0.3 is 6.09 Å². The summed E-state index contributed by atoms with van der Waals surface area (Å²) >= 11 is 0. The zero-order valence-corrected chi connectivity index (χ0v) is 19.0. The molecule has 0 aliphatic heterocycles. The number of benzene rings is 2. The number of nitrogens with two attached hydrogens (primary N) is 1. The van der Waals surface area contributed by atoms with Crippen molar-refractivity contribution in [3.05, 3.63) is 59.7 Å². The van der Waals surface area contributed by atoms with E-state index >= 15 is 0 Å². The Bertz CT molecular complexity index is 893. The lowest BCUT2D eigenvalue weighted by Gasteiger charge is -2.20. The summed E-state index contributed by atoms with van der Waals surface area (Å²) in [5, 5.41) is 2.62. The van der Waals surface area contributed by atoms with Crippen molar-refractivity contribution in [3.8, 4) is 11.1 Å². The van der Waals surface area contributed by atoms with Crippen LogP contribution in [0.15, 0.2) is 48.5 Å². The van der Waals surface area contributed by atoms with Crippen LogP contribution >= 0.6 is 0 Å². The summed E-state index contributed by atoms with van der Waals surface area (Å²) in [6, 6.07) is 15.5. The zero-order chi connectivity index (χ0) is 23.1. The maximum absolute atomic E-state index is 12.4. The molecule has 0 heterocycles. The van der Waals surface area contributed by atoms with Crippen molar-refractivity contribution in [2.45, 2.75) is 57.6 Å². The standard InChI is InChI=1S/C25H33N3O4/c1-25(2,3)32-27-15-9-8-14-22(23(26)29)28-24(30)31-16-21-19-12-6-4-10-17(19)18-11-5-7-13-20(18)21/h4-7,10-13,21-22,27H,8-9,14-16H2,1-3H3,(H2,26,29)(H,28,30)/t22-/m0/s1. The number of unbranched alkanes of at least 4 members (excludes halogenated alkanes) is 1. The van der Waals surface area contributed by atoms with Gasteiger partial charge in [-0.25, -0.2) is 10.3 Å². The first-order valence-corrected chi connectivity index (χ1v) is 11.1. The fourth-order valence-electron chi connectivity index (χ4n) is 3.88. The van der Waals surface area contributed by atoms with E-state index in [9.17, 15) is 9.59 Å². The topological polar surface area (TPSA) is 103 Å². The number of hydrogen-bond donors (Lipinski definition) is 3. The molecule has 2 aromatic rings. The molecule has 7 nitrogen and oxygen atoms in total. The van der Waals surface area contributed by atoms with Gasteiger partial charge in [0.1, 0.15) is 12.6 Å². The molecule has 7 heteroatoms. The van der Waals surface area contributed by atoms with Crippen molar-refractivity contribution in [2.75, 3.05) is 13.2 Å². The van der Waals surface area contributed by atoms with Crippen LogP contribution in [0.2, 0.25) is 0 Å². The Morgan fingerprint density at radius 2 is 1.59 bits per heavy atom. The van der Waals surface area contributed by atoms with Gasteiger partial charge in [0.05, 0.1) is 5.60 Å². The van der Waals surface area contributed by atoms with Crippen molar-refractivity contribution in [2.24, 2.45) is 5.73 Å². The highest BCUT2D eigenvalue weighted by molar-refractivity contribution is 5.84. The summed E-state index contributed by atoms with van der Waals surface area (Å²) in [5.74, 6) is -0.605. The van der Waals surface area contributed by atoms with E-state index in [-0.39, 0.29) is 18.1 Å². The number of fused-ring (bicyclic) bond motifs is 3. The van der Waals surface area contributed by atoms with Gasteiger partial charge in [-0.15, -0.1) is 0 Å². The number of nitrogens with one attached hydrogen (secondary N) is 2. The first kappa shape index (κ1) is 23.8. The molecule has 32 heavy (non-hydrogen) atoms. The molecule has 3 rings (SSSR count). The molecule has 0 spiro atoms. The molecule has 1 aliphatic rings. The maximum atomic E-state index is 12.4. The Morgan fingerprint density at radius 3 is 2.16 bits per heavy atom. The van der Waals surface area contributed by atoms with Gasteiger partial charge in [-0.3, -0.25) is 9.63 Å². The number of primary amides is 1. The monoisotopic (exact) mass is 439 g/mol. The van der Waals surface area contributed by atoms with Gasteiger partial charge in [0.15, 0.2) is 0 Å². The third-order valence-electron chi connectivity index (χ3n) is 5.38. The highest BCUT2D eigenvalue weighted by atomic mass is 16.7. The highest BCUT2D eigenvalue weighted by Gasteiger charge is 2.29. The van der Waals surface area contributed by atoms with E-state index < -0.39 is 18.0 Å². The number of amides is 2. The summed E-state index contributed by atoms with van der Waals surface area (Å²) < 4.78 is 5.51.